The molecule has 0 fully saturated rings. The number of hydrogen-bond donors (Lipinski definition) is 0. The summed E-state index contributed by atoms with van der Waals surface area (Å²) in [5.74, 6) is -1.35. The lowest BCUT2D eigenvalue weighted by Gasteiger charge is -2.29. The summed E-state index contributed by atoms with van der Waals surface area (Å²) in [7, 11) is 1.24. The largest absolute Gasteiger partial charge is 0.466 e. The molecule has 0 bridgehead atoms. The smallest absolute Gasteiger partial charge is 0.339 e. The molecule has 0 spiro atoms. The zero-order valence-electron chi connectivity index (χ0n) is 12.6. The van der Waals surface area contributed by atoms with Gasteiger partial charge in [0.1, 0.15) is 11.5 Å². The van der Waals surface area contributed by atoms with Crippen LogP contribution < -0.4 is 9.64 Å². The van der Waals surface area contributed by atoms with Crippen LogP contribution in [0.5, 0.6) is 5.88 Å². The number of amides is 1. The molecule has 8 heteroatoms. The summed E-state index contributed by atoms with van der Waals surface area (Å²) in [5, 5.41) is 0.202. The van der Waals surface area contributed by atoms with Crippen LogP contribution in [0.1, 0.15) is 15.9 Å². The SMILES string of the molecule is COC(=O)c1cnc2c(c1)N(Cc1c(F)cccc1Cl)C(=O)CO2. The van der Waals surface area contributed by atoms with E-state index >= 15 is 0 Å². The van der Waals surface area contributed by atoms with Crippen LogP contribution in [0.15, 0.2) is 30.5 Å². The topological polar surface area (TPSA) is 68.7 Å². The molecule has 1 aliphatic heterocycles. The van der Waals surface area contributed by atoms with Gasteiger partial charge in [-0.3, -0.25) is 9.69 Å². The molecule has 0 radical (unpaired) electrons. The number of pyridine rings is 1. The zero-order chi connectivity index (χ0) is 17.3. The maximum atomic E-state index is 14.0. The lowest BCUT2D eigenvalue weighted by atomic mass is 10.1. The molecule has 0 aliphatic carbocycles. The lowest BCUT2D eigenvalue weighted by molar-refractivity contribution is -0.121. The summed E-state index contributed by atoms with van der Waals surface area (Å²) >= 11 is 6.03. The minimum atomic E-state index is -0.604. The number of halogens is 2. The molecule has 1 aromatic heterocycles. The molecule has 2 aromatic rings. The van der Waals surface area contributed by atoms with Gasteiger partial charge in [-0.25, -0.2) is 14.2 Å². The number of nitrogens with zero attached hydrogens (tertiary/aromatic N) is 2. The van der Waals surface area contributed by atoms with Crippen molar-refractivity contribution >= 4 is 29.2 Å². The molecule has 2 heterocycles. The van der Waals surface area contributed by atoms with Crippen LogP contribution in [0.2, 0.25) is 5.02 Å². The van der Waals surface area contributed by atoms with Crippen LogP contribution in [-0.2, 0) is 16.1 Å². The molecule has 3 rings (SSSR count). The quantitative estimate of drug-likeness (QED) is 0.796. The Hall–Kier alpha value is -2.67. The second kappa shape index (κ2) is 6.45. The Morgan fingerprint density at radius 1 is 1.50 bits per heavy atom. The van der Waals surface area contributed by atoms with Crippen molar-refractivity contribution in [1.29, 1.82) is 0 Å². The molecular formula is C16H12ClFN2O4. The van der Waals surface area contributed by atoms with Gasteiger partial charge < -0.3 is 9.47 Å². The Bertz CT molecular complexity index is 807. The Kier molecular flexibility index (Phi) is 4.35. The number of benzene rings is 1. The fourth-order valence-corrected chi connectivity index (χ4v) is 2.55. The molecule has 0 atom stereocenters. The summed E-state index contributed by atoms with van der Waals surface area (Å²) in [6.07, 6.45) is 1.29. The average molecular weight is 351 g/mol. The van der Waals surface area contributed by atoms with E-state index in [1.807, 2.05) is 0 Å². The van der Waals surface area contributed by atoms with E-state index in [0.717, 1.165) is 0 Å². The van der Waals surface area contributed by atoms with Crippen LogP contribution in [0.25, 0.3) is 0 Å². The van der Waals surface area contributed by atoms with E-state index in [-0.39, 0.29) is 40.9 Å². The van der Waals surface area contributed by atoms with Crippen molar-refractivity contribution in [2.75, 3.05) is 18.6 Å². The first kappa shape index (κ1) is 16.2. The van der Waals surface area contributed by atoms with E-state index < -0.39 is 17.7 Å². The summed E-state index contributed by atoms with van der Waals surface area (Å²) in [5.41, 5.74) is 0.580. The molecule has 0 saturated carbocycles. The minimum absolute atomic E-state index is 0.104. The summed E-state index contributed by atoms with van der Waals surface area (Å²) in [4.78, 5) is 29.2. The number of hydrogen-bond acceptors (Lipinski definition) is 5. The highest BCUT2D eigenvalue weighted by Crippen LogP contribution is 2.33. The number of rotatable bonds is 3. The first-order valence-electron chi connectivity index (χ1n) is 6.95. The third kappa shape index (κ3) is 2.90. The maximum Gasteiger partial charge on any atom is 0.339 e. The molecule has 0 saturated heterocycles. The summed E-state index contributed by atoms with van der Waals surface area (Å²) in [6.45, 7) is -0.337. The Morgan fingerprint density at radius 3 is 3.00 bits per heavy atom. The van der Waals surface area contributed by atoms with Crippen LogP contribution in [-0.4, -0.2) is 30.6 Å². The number of methoxy groups -OCH3 is 1. The van der Waals surface area contributed by atoms with Crippen molar-refractivity contribution in [3.05, 3.63) is 52.4 Å². The molecule has 1 amide bonds. The standard InChI is InChI=1S/C16H12ClFN2O4/c1-23-16(22)9-5-13-15(19-6-9)24-8-14(21)20(13)7-10-11(17)3-2-4-12(10)18/h2-6H,7-8H2,1H3. The fraction of sp³-hybridized carbons (Fsp3) is 0.188. The van der Waals surface area contributed by atoms with Gasteiger partial charge in [-0.15, -0.1) is 0 Å². The molecule has 24 heavy (non-hydrogen) atoms. The molecular weight excluding hydrogens is 339 g/mol. The van der Waals surface area contributed by atoms with Gasteiger partial charge in [0.25, 0.3) is 5.91 Å². The van der Waals surface area contributed by atoms with E-state index in [2.05, 4.69) is 9.72 Å². The van der Waals surface area contributed by atoms with Gasteiger partial charge in [0, 0.05) is 16.8 Å². The van der Waals surface area contributed by atoms with E-state index in [4.69, 9.17) is 16.3 Å². The molecule has 1 aromatic carbocycles. The van der Waals surface area contributed by atoms with Gasteiger partial charge in [-0.05, 0) is 18.2 Å². The molecule has 0 unspecified atom stereocenters. The summed E-state index contributed by atoms with van der Waals surface area (Å²) in [6, 6.07) is 5.69. The van der Waals surface area contributed by atoms with Crippen molar-refractivity contribution in [3.63, 3.8) is 0 Å². The Labute approximate surface area is 141 Å². The van der Waals surface area contributed by atoms with Crippen LogP contribution in [0, 0.1) is 5.82 Å². The maximum absolute atomic E-state index is 14.0. The minimum Gasteiger partial charge on any atom is -0.466 e. The number of ether oxygens (including phenoxy) is 2. The summed E-state index contributed by atoms with van der Waals surface area (Å²) < 4.78 is 23.9. The second-order valence-electron chi connectivity index (χ2n) is 5.01. The van der Waals surface area contributed by atoms with Crippen molar-refractivity contribution in [2.45, 2.75) is 6.54 Å². The van der Waals surface area contributed by atoms with Gasteiger partial charge in [-0.2, -0.15) is 0 Å². The van der Waals surface area contributed by atoms with Gasteiger partial charge in [-0.1, -0.05) is 17.7 Å². The van der Waals surface area contributed by atoms with Crippen molar-refractivity contribution < 1.29 is 23.5 Å². The van der Waals surface area contributed by atoms with E-state index in [1.54, 1.807) is 0 Å². The Balaban J connectivity index is 2.03. The number of carbonyl (C=O) groups excluding carboxylic acids is 2. The highest BCUT2D eigenvalue weighted by molar-refractivity contribution is 6.31. The van der Waals surface area contributed by atoms with Crippen molar-refractivity contribution in [1.82, 2.24) is 4.98 Å². The van der Waals surface area contributed by atoms with Crippen LogP contribution in [0.3, 0.4) is 0 Å². The number of fused-ring (bicyclic) bond motifs is 1. The number of anilines is 1. The number of aromatic nitrogens is 1. The normalized spacial score (nSPS) is 13.3. The van der Waals surface area contributed by atoms with Gasteiger partial charge in [0.2, 0.25) is 5.88 Å². The van der Waals surface area contributed by atoms with Crippen LogP contribution in [0.4, 0.5) is 10.1 Å². The van der Waals surface area contributed by atoms with Gasteiger partial charge in [0.05, 0.1) is 19.2 Å². The highest BCUT2D eigenvalue weighted by atomic mass is 35.5. The third-order valence-corrected chi connectivity index (χ3v) is 3.91. The first-order chi connectivity index (χ1) is 11.5. The molecule has 124 valence electrons. The predicted molar refractivity (Wildman–Crippen MR) is 83.7 cm³/mol. The number of esters is 1. The average Bonchev–Trinajstić information content (AvgIpc) is 2.58. The third-order valence-electron chi connectivity index (χ3n) is 3.56. The van der Waals surface area contributed by atoms with E-state index in [0.29, 0.717) is 0 Å². The molecule has 6 nitrogen and oxygen atoms in total. The highest BCUT2D eigenvalue weighted by Gasteiger charge is 2.29. The number of carbonyl (C=O) groups is 2. The monoisotopic (exact) mass is 350 g/mol. The lowest BCUT2D eigenvalue weighted by Crippen LogP contribution is -2.39. The van der Waals surface area contributed by atoms with Crippen molar-refractivity contribution in [3.8, 4) is 5.88 Å². The second-order valence-corrected chi connectivity index (χ2v) is 5.42. The zero-order valence-corrected chi connectivity index (χ0v) is 13.3. The first-order valence-corrected chi connectivity index (χ1v) is 7.33. The predicted octanol–water partition coefficient (Wildman–Crippen LogP) is 2.59. The Morgan fingerprint density at radius 2 is 2.29 bits per heavy atom. The van der Waals surface area contributed by atoms with Crippen LogP contribution >= 0.6 is 11.6 Å². The molecule has 1 aliphatic rings. The van der Waals surface area contributed by atoms with Gasteiger partial charge >= 0.3 is 5.97 Å². The fourth-order valence-electron chi connectivity index (χ4n) is 2.33. The van der Waals surface area contributed by atoms with E-state index in [9.17, 15) is 14.0 Å². The van der Waals surface area contributed by atoms with Crippen molar-refractivity contribution in [2.24, 2.45) is 0 Å². The van der Waals surface area contributed by atoms with E-state index in [1.165, 1.54) is 42.5 Å². The molecule has 0 N–H and O–H groups in total. The van der Waals surface area contributed by atoms with Gasteiger partial charge in [0.15, 0.2) is 6.61 Å².